The van der Waals surface area contributed by atoms with E-state index in [-0.39, 0.29) is 0 Å². The number of aromatic nitrogens is 1. The number of ether oxygens (including phenoxy) is 1. The Kier molecular flexibility index (Phi) is 3.81. The zero-order valence-corrected chi connectivity index (χ0v) is 12.1. The van der Waals surface area contributed by atoms with Gasteiger partial charge in [-0.15, -0.1) is 11.3 Å². The maximum Gasteiger partial charge on any atom is 0.140 e. The van der Waals surface area contributed by atoms with Crippen LogP contribution in [0.5, 0.6) is 5.75 Å². The maximum atomic E-state index is 5.68. The van der Waals surface area contributed by atoms with Gasteiger partial charge in [0.1, 0.15) is 17.4 Å². The first-order valence-corrected chi connectivity index (χ1v) is 6.86. The van der Waals surface area contributed by atoms with Crippen molar-refractivity contribution in [2.24, 2.45) is 0 Å². The van der Waals surface area contributed by atoms with Gasteiger partial charge in [0.2, 0.25) is 0 Å². The Hall–Kier alpha value is -0.620. The number of benzene rings is 1. The minimum atomic E-state index is 0.555. The second kappa shape index (κ2) is 5.14. The second-order valence-corrected chi connectivity index (χ2v) is 6.03. The molecule has 0 bridgehead atoms. The third-order valence-electron chi connectivity index (χ3n) is 2.23. The van der Waals surface area contributed by atoms with Crippen molar-refractivity contribution in [1.82, 2.24) is 4.98 Å². The summed E-state index contributed by atoms with van der Waals surface area (Å²) in [6.45, 7) is 4.67. The van der Waals surface area contributed by atoms with E-state index < -0.39 is 0 Å². The van der Waals surface area contributed by atoms with Crippen molar-refractivity contribution in [2.45, 2.75) is 20.5 Å². The van der Waals surface area contributed by atoms with Gasteiger partial charge in [-0.05, 0) is 54.6 Å². The molecule has 2 rings (SSSR count). The summed E-state index contributed by atoms with van der Waals surface area (Å²) in [6.07, 6.45) is 0. The standard InChI is InChI=1S/C12H12INOS/c1-8-9(2)16-12(14-8)7-15-11-5-3-4-10(13)6-11/h3-6H,7H2,1-2H3. The summed E-state index contributed by atoms with van der Waals surface area (Å²) in [5.74, 6) is 0.900. The molecule has 1 aromatic carbocycles. The van der Waals surface area contributed by atoms with Crippen LogP contribution in [0.4, 0.5) is 0 Å². The molecule has 84 valence electrons. The van der Waals surface area contributed by atoms with Gasteiger partial charge in [0.15, 0.2) is 0 Å². The largest absolute Gasteiger partial charge is 0.486 e. The molecule has 0 spiro atoms. The lowest BCUT2D eigenvalue weighted by atomic mass is 10.3. The van der Waals surface area contributed by atoms with Crippen molar-refractivity contribution in [3.63, 3.8) is 0 Å². The third-order valence-corrected chi connectivity index (χ3v) is 3.95. The number of hydrogen-bond donors (Lipinski definition) is 0. The molecular weight excluding hydrogens is 333 g/mol. The van der Waals surface area contributed by atoms with Gasteiger partial charge in [0, 0.05) is 8.45 Å². The summed E-state index contributed by atoms with van der Waals surface area (Å²) in [5.41, 5.74) is 1.10. The van der Waals surface area contributed by atoms with E-state index in [1.54, 1.807) is 11.3 Å². The maximum absolute atomic E-state index is 5.68. The topological polar surface area (TPSA) is 22.1 Å². The van der Waals surface area contributed by atoms with Crippen molar-refractivity contribution in [3.8, 4) is 5.75 Å². The summed E-state index contributed by atoms with van der Waals surface area (Å²) in [7, 11) is 0. The molecule has 0 N–H and O–H groups in total. The molecule has 0 radical (unpaired) electrons. The van der Waals surface area contributed by atoms with E-state index in [2.05, 4.69) is 34.5 Å². The molecule has 4 heteroatoms. The van der Waals surface area contributed by atoms with E-state index >= 15 is 0 Å². The average Bonchev–Trinajstić information content (AvgIpc) is 2.56. The van der Waals surface area contributed by atoms with Gasteiger partial charge in [-0.2, -0.15) is 0 Å². The predicted molar refractivity (Wildman–Crippen MR) is 75.1 cm³/mol. The average molecular weight is 345 g/mol. The third kappa shape index (κ3) is 2.95. The van der Waals surface area contributed by atoms with Crippen LogP contribution in [-0.2, 0) is 6.61 Å². The van der Waals surface area contributed by atoms with Gasteiger partial charge in [-0.3, -0.25) is 0 Å². The number of hydrogen-bond acceptors (Lipinski definition) is 3. The Morgan fingerprint density at radius 2 is 2.19 bits per heavy atom. The molecule has 0 aliphatic carbocycles. The summed E-state index contributed by atoms with van der Waals surface area (Å²) in [6, 6.07) is 8.03. The minimum absolute atomic E-state index is 0.555. The Morgan fingerprint density at radius 3 is 2.81 bits per heavy atom. The highest BCUT2D eigenvalue weighted by Gasteiger charge is 2.04. The Balaban J connectivity index is 2.02. The highest BCUT2D eigenvalue weighted by atomic mass is 127. The molecule has 0 unspecified atom stereocenters. The molecule has 0 aliphatic rings. The smallest absolute Gasteiger partial charge is 0.140 e. The van der Waals surface area contributed by atoms with Gasteiger partial charge in [-0.1, -0.05) is 6.07 Å². The zero-order chi connectivity index (χ0) is 11.5. The Labute approximate surface area is 113 Å². The van der Waals surface area contributed by atoms with Crippen molar-refractivity contribution in [1.29, 1.82) is 0 Å². The first-order valence-electron chi connectivity index (χ1n) is 4.96. The van der Waals surface area contributed by atoms with Crippen molar-refractivity contribution < 1.29 is 4.74 Å². The van der Waals surface area contributed by atoms with Crippen molar-refractivity contribution in [2.75, 3.05) is 0 Å². The molecule has 1 heterocycles. The van der Waals surface area contributed by atoms with Crippen LogP contribution in [0, 0.1) is 17.4 Å². The summed E-state index contributed by atoms with van der Waals surface area (Å²) < 4.78 is 6.87. The molecule has 2 aromatic rings. The predicted octanol–water partition coefficient (Wildman–Crippen LogP) is 3.94. The van der Waals surface area contributed by atoms with E-state index in [1.807, 2.05) is 31.2 Å². The van der Waals surface area contributed by atoms with Gasteiger partial charge in [-0.25, -0.2) is 4.98 Å². The minimum Gasteiger partial charge on any atom is -0.486 e. The van der Waals surface area contributed by atoms with Crippen molar-refractivity contribution >= 4 is 33.9 Å². The highest BCUT2D eigenvalue weighted by Crippen LogP contribution is 2.20. The first-order chi connectivity index (χ1) is 7.65. The highest BCUT2D eigenvalue weighted by molar-refractivity contribution is 14.1. The zero-order valence-electron chi connectivity index (χ0n) is 9.16. The van der Waals surface area contributed by atoms with E-state index in [0.29, 0.717) is 6.61 Å². The molecule has 0 saturated carbocycles. The summed E-state index contributed by atoms with van der Waals surface area (Å²) >= 11 is 3.98. The van der Waals surface area contributed by atoms with E-state index in [1.165, 1.54) is 8.45 Å². The fourth-order valence-corrected chi connectivity index (χ4v) is 2.66. The van der Waals surface area contributed by atoms with Crippen LogP contribution in [-0.4, -0.2) is 4.98 Å². The molecule has 0 amide bonds. The van der Waals surface area contributed by atoms with Crippen LogP contribution < -0.4 is 4.74 Å². The van der Waals surface area contributed by atoms with E-state index in [4.69, 9.17) is 4.74 Å². The molecule has 0 aliphatic heterocycles. The van der Waals surface area contributed by atoms with Crippen LogP contribution in [0.25, 0.3) is 0 Å². The number of nitrogens with zero attached hydrogens (tertiary/aromatic N) is 1. The monoisotopic (exact) mass is 345 g/mol. The summed E-state index contributed by atoms with van der Waals surface area (Å²) in [5, 5.41) is 1.04. The van der Waals surface area contributed by atoms with E-state index in [9.17, 15) is 0 Å². The van der Waals surface area contributed by atoms with Crippen LogP contribution >= 0.6 is 33.9 Å². The number of aryl methyl sites for hydroxylation is 2. The SMILES string of the molecule is Cc1nc(COc2cccc(I)c2)sc1C. The van der Waals surface area contributed by atoms with Gasteiger partial charge in [0.25, 0.3) is 0 Å². The number of rotatable bonds is 3. The first kappa shape index (κ1) is 11.9. The normalized spacial score (nSPS) is 10.4. The lowest BCUT2D eigenvalue weighted by Crippen LogP contribution is -1.94. The lowest BCUT2D eigenvalue weighted by molar-refractivity contribution is 0.305. The molecule has 0 atom stereocenters. The fourth-order valence-electron chi connectivity index (χ4n) is 1.30. The molecule has 2 nitrogen and oxygen atoms in total. The van der Waals surface area contributed by atoms with E-state index in [0.717, 1.165) is 16.5 Å². The number of thiazole rings is 1. The van der Waals surface area contributed by atoms with Gasteiger partial charge in [0.05, 0.1) is 5.69 Å². The Bertz CT molecular complexity index is 476. The van der Waals surface area contributed by atoms with Gasteiger partial charge >= 0.3 is 0 Å². The fraction of sp³-hybridized carbons (Fsp3) is 0.250. The molecular formula is C12H12INOS. The summed E-state index contributed by atoms with van der Waals surface area (Å²) in [4.78, 5) is 5.70. The molecule has 0 fully saturated rings. The van der Waals surface area contributed by atoms with Gasteiger partial charge < -0.3 is 4.74 Å². The van der Waals surface area contributed by atoms with Crippen LogP contribution in [0.2, 0.25) is 0 Å². The molecule has 16 heavy (non-hydrogen) atoms. The van der Waals surface area contributed by atoms with Crippen molar-refractivity contribution in [3.05, 3.63) is 43.4 Å². The lowest BCUT2D eigenvalue weighted by Gasteiger charge is -2.03. The Morgan fingerprint density at radius 1 is 1.38 bits per heavy atom. The quantitative estimate of drug-likeness (QED) is 0.786. The number of halogens is 1. The van der Waals surface area contributed by atoms with Crippen LogP contribution in [0.15, 0.2) is 24.3 Å². The second-order valence-electron chi connectivity index (χ2n) is 3.50. The molecule has 0 saturated heterocycles. The van der Waals surface area contributed by atoms with Crippen LogP contribution in [0.1, 0.15) is 15.6 Å². The molecule has 1 aromatic heterocycles. The van der Waals surface area contributed by atoms with Crippen LogP contribution in [0.3, 0.4) is 0 Å².